The molecular formula is C11H11BrClF2NO. The third kappa shape index (κ3) is 3.64. The summed E-state index contributed by atoms with van der Waals surface area (Å²) in [5.41, 5.74) is -0.562. The van der Waals surface area contributed by atoms with Crippen LogP contribution in [-0.4, -0.2) is 29.8 Å². The highest BCUT2D eigenvalue weighted by molar-refractivity contribution is 9.10. The highest BCUT2D eigenvalue weighted by atomic mass is 79.9. The first-order valence-corrected chi connectivity index (χ1v) is 6.10. The second-order valence-electron chi connectivity index (χ2n) is 3.71. The normalized spacial score (nSPS) is 12.4. The minimum Gasteiger partial charge on any atom is -0.340 e. The molecule has 94 valence electrons. The predicted molar refractivity (Wildman–Crippen MR) is 66.3 cm³/mol. The number of hydrogen-bond donors (Lipinski definition) is 0. The monoisotopic (exact) mass is 325 g/mol. The number of carbonyl (C=O) groups is 1. The van der Waals surface area contributed by atoms with E-state index in [9.17, 15) is 13.6 Å². The Labute approximate surface area is 112 Å². The fraction of sp³-hybridized carbons (Fsp3) is 0.364. The topological polar surface area (TPSA) is 20.3 Å². The number of nitrogens with zero attached hydrogens (tertiary/aromatic N) is 1. The zero-order chi connectivity index (χ0) is 13.2. The van der Waals surface area contributed by atoms with Crippen molar-refractivity contribution >= 4 is 33.4 Å². The van der Waals surface area contributed by atoms with E-state index in [0.717, 1.165) is 12.1 Å². The van der Waals surface area contributed by atoms with Crippen LogP contribution in [0.5, 0.6) is 0 Å². The predicted octanol–water partition coefficient (Wildman–Crippen LogP) is 3.43. The first-order valence-electron chi connectivity index (χ1n) is 4.87. The van der Waals surface area contributed by atoms with Gasteiger partial charge in [0.25, 0.3) is 5.91 Å². The van der Waals surface area contributed by atoms with Crippen molar-refractivity contribution in [2.75, 3.05) is 13.6 Å². The zero-order valence-electron chi connectivity index (χ0n) is 9.31. The standard InChI is InChI=1S/C11H11BrClF2NO/c1-6(13)5-16(2)11(17)10-8(14)3-7(12)4-9(10)15/h3-4,6H,5H2,1-2H3. The Balaban J connectivity index is 3.04. The van der Waals surface area contributed by atoms with E-state index in [0.29, 0.717) is 0 Å². The second kappa shape index (κ2) is 5.78. The van der Waals surface area contributed by atoms with Crippen molar-refractivity contribution in [3.05, 3.63) is 33.8 Å². The van der Waals surface area contributed by atoms with Gasteiger partial charge in [0.15, 0.2) is 0 Å². The molecule has 0 saturated carbocycles. The van der Waals surface area contributed by atoms with Gasteiger partial charge in [0.05, 0.1) is 0 Å². The summed E-state index contributed by atoms with van der Waals surface area (Å²) in [4.78, 5) is 13.0. The van der Waals surface area contributed by atoms with Gasteiger partial charge in [-0.25, -0.2) is 8.78 Å². The minimum absolute atomic E-state index is 0.218. The summed E-state index contributed by atoms with van der Waals surface area (Å²) in [6.07, 6.45) is 0. The lowest BCUT2D eigenvalue weighted by atomic mass is 10.1. The van der Waals surface area contributed by atoms with Crippen molar-refractivity contribution < 1.29 is 13.6 Å². The van der Waals surface area contributed by atoms with Gasteiger partial charge < -0.3 is 4.90 Å². The van der Waals surface area contributed by atoms with Crippen molar-refractivity contribution in [3.63, 3.8) is 0 Å². The largest absolute Gasteiger partial charge is 0.340 e. The van der Waals surface area contributed by atoms with Gasteiger partial charge in [-0.1, -0.05) is 15.9 Å². The first-order chi connectivity index (χ1) is 7.82. The van der Waals surface area contributed by atoms with Crippen LogP contribution in [0.4, 0.5) is 8.78 Å². The van der Waals surface area contributed by atoms with Crippen LogP contribution < -0.4 is 0 Å². The molecule has 6 heteroatoms. The Morgan fingerprint density at radius 2 is 1.94 bits per heavy atom. The van der Waals surface area contributed by atoms with E-state index in [1.54, 1.807) is 6.92 Å². The van der Waals surface area contributed by atoms with Gasteiger partial charge >= 0.3 is 0 Å². The van der Waals surface area contributed by atoms with Crippen molar-refractivity contribution in [1.82, 2.24) is 4.90 Å². The summed E-state index contributed by atoms with van der Waals surface area (Å²) in [7, 11) is 1.45. The number of halogens is 4. The number of hydrogen-bond acceptors (Lipinski definition) is 1. The minimum atomic E-state index is -0.893. The Kier molecular flexibility index (Phi) is 4.89. The molecular weight excluding hydrogens is 315 g/mol. The lowest BCUT2D eigenvalue weighted by molar-refractivity contribution is 0.0786. The molecule has 1 unspecified atom stereocenters. The van der Waals surface area contributed by atoms with Gasteiger partial charge in [-0.15, -0.1) is 11.6 Å². The SMILES string of the molecule is CC(Cl)CN(C)C(=O)c1c(F)cc(Br)cc1F. The molecule has 0 saturated heterocycles. The Morgan fingerprint density at radius 3 is 2.35 bits per heavy atom. The van der Waals surface area contributed by atoms with Crippen LogP contribution in [0, 0.1) is 11.6 Å². The zero-order valence-corrected chi connectivity index (χ0v) is 11.6. The second-order valence-corrected chi connectivity index (χ2v) is 5.37. The fourth-order valence-electron chi connectivity index (χ4n) is 1.40. The van der Waals surface area contributed by atoms with Crippen LogP contribution >= 0.6 is 27.5 Å². The average molecular weight is 327 g/mol. The molecule has 0 radical (unpaired) electrons. The summed E-state index contributed by atoms with van der Waals surface area (Å²) < 4.78 is 27.3. The van der Waals surface area contributed by atoms with Gasteiger partial charge in [0, 0.05) is 23.4 Å². The van der Waals surface area contributed by atoms with E-state index in [1.807, 2.05) is 0 Å². The van der Waals surface area contributed by atoms with Gasteiger partial charge in [0.1, 0.15) is 17.2 Å². The maximum Gasteiger partial charge on any atom is 0.259 e. The summed E-state index contributed by atoms with van der Waals surface area (Å²) in [6.45, 7) is 1.91. The fourth-order valence-corrected chi connectivity index (χ4v) is 2.01. The van der Waals surface area contributed by atoms with Crippen molar-refractivity contribution in [1.29, 1.82) is 0 Å². The molecule has 1 aromatic carbocycles. The Bertz CT molecular complexity index is 416. The first kappa shape index (κ1) is 14.4. The van der Waals surface area contributed by atoms with Crippen LogP contribution in [0.2, 0.25) is 0 Å². The maximum absolute atomic E-state index is 13.5. The Morgan fingerprint density at radius 1 is 1.47 bits per heavy atom. The van der Waals surface area contributed by atoms with Crippen LogP contribution in [0.3, 0.4) is 0 Å². The number of carbonyl (C=O) groups excluding carboxylic acids is 1. The molecule has 1 amide bonds. The molecule has 0 aliphatic heterocycles. The molecule has 0 fully saturated rings. The Hall–Kier alpha value is -0.680. The summed E-state index contributed by atoms with van der Waals surface area (Å²) in [5, 5.41) is -0.287. The molecule has 0 aliphatic rings. The van der Waals surface area contributed by atoms with Crippen LogP contribution in [-0.2, 0) is 0 Å². The quantitative estimate of drug-likeness (QED) is 0.779. The van der Waals surface area contributed by atoms with Gasteiger partial charge in [-0.05, 0) is 19.1 Å². The van der Waals surface area contributed by atoms with Crippen molar-refractivity contribution in [2.24, 2.45) is 0 Å². The summed E-state index contributed by atoms with van der Waals surface area (Å²) >= 11 is 8.67. The lowest BCUT2D eigenvalue weighted by Crippen LogP contribution is -2.32. The molecule has 17 heavy (non-hydrogen) atoms. The molecule has 0 heterocycles. The number of benzene rings is 1. The van der Waals surface area contributed by atoms with Gasteiger partial charge in [0.2, 0.25) is 0 Å². The molecule has 0 aromatic heterocycles. The van der Waals surface area contributed by atoms with E-state index in [1.165, 1.54) is 11.9 Å². The van der Waals surface area contributed by atoms with E-state index in [-0.39, 0.29) is 16.4 Å². The highest BCUT2D eigenvalue weighted by Crippen LogP contribution is 2.20. The smallest absolute Gasteiger partial charge is 0.259 e. The van der Waals surface area contributed by atoms with Gasteiger partial charge in [-0.2, -0.15) is 0 Å². The van der Waals surface area contributed by atoms with E-state index in [4.69, 9.17) is 11.6 Å². The van der Waals surface area contributed by atoms with Crippen molar-refractivity contribution in [3.8, 4) is 0 Å². The van der Waals surface area contributed by atoms with E-state index < -0.39 is 23.1 Å². The molecule has 1 rings (SSSR count). The van der Waals surface area contributed by atoms with E-state index >= 15 is 0 Å². The molecule has 1 atom stereocenters. The third-order valence-corrected chi connectivity index (χ3v) is 2.69. The number of rotatable bonds is 3. The number of amides is 1. The number of alkyl halides is 1. The average Bonchev–Trinajstić information content (AvgIpc) is 2.14. The lowest BCUT2D eigenvalue weighted by Gasteiger charge is -2.19. The maximum atomic E-state index is 13.5. The van der Waals surface area contributed by atoms with Crippen LogP contribution in [0.1, 0.15) is 17.3 Å². The van der Waals surface area contributed by atoms with Crippen molar-refractivity contribution in [2.45, 2.75) is 12.3 Å². The highest BCUT2D eigenvalue weighted by Gasteiger charge is 2.22. The van der Waals surface area contributed by atoms with Crippen LogP contribution in [0.15, 0.2) is 16.6 Å². The summed E-state index contributed by atoms with van der Waals surface area (Å²) in [5.74, 6) is -2.51. The molecule has 0 aliphatic carbocycles. The molecule has 2 nitrogen and oxygen atoms in total. The molecule has 0 bridgehead atoms. The van der Waals surface area contributed by atoms with E-state index in [2.05, 4.69) is 15.9 Å². The van der Waals surface area contributed by atoms with Crippen LogP contribution in [0.25, 0.3) is 0 Å². The third-order valence-electron chi connectivity index (χ3n) is 2.09. The molecule has 0 spiro atoms. The summed E-state index contributed by atoms with van der Waals surface area (Å²) in [6, 6.07) is 2.10. The molecule has 1 aromatic rings. The molecule has 0 N–H and O–H groups in total. The van der Waals surface area contributed by atoms with Gasteiger partial charge in [-0.3, -0.25) is 4.79 Å².